The van der Waals surface area contributed by atoms with Gasteiger partial charge < -0.3 is 9.73 Å². The number of pyridine rings is 1. The number of hydrogen-bond donors (Lipinski definition) is 1. The molecule has 2 aromatic heterocycles. The highest BCUT2D eigenvalue weighted by Gasteiger charge is 2.08. The molecule has 1 amide bonds. The van der Waals surface area contributed by atoms with E-state index >= 15 is 0 Å². The van der Waals surface area contributed by atoms with Crippen molar-refractivity contribution < 1.29 is 9.21 Å². The van der Waals surface area contributed by atoms with Crippen LogP contribution in [0.25, 0.3) is 11.5 Å². The minimum atomic E-state index is -0.0804. The number of nitrogens with zero attached hydrogens (tertiary/aromatic N) is 2. The highest BCUT2D eigenvalue weighted by Crippen LogP contribution is 2.20. The number of oxazole rings is 1. The van der Waals surface area contributed by atoms with Gasteiger partial charge >= 0.3 is 0 Å². The zero-order valence-electron chi connectivity index (χ0n) is 13.2. The van der Waals surface area contributed by atoms with E-state index in [2.05, 4.69) is 15.3 Å². The number of carbonyl (C=O) groups excluding carboxylic acids is 1. The number of amides is 1. The normalized spacial score (nSPS) is 10.5. The molecule has 5 nitrogen and oxygen atoms in total. The van der Waals surface area contributed by atoms with Gasteiger partial charge in [-0.1, -0.05) is 24.3 Å². The Bertz CT molecular complexity index is 801. The third kappa shape index (κ3) is 4.45. The first kappa shape index (κ1) is 16.3. The lowest BCUT2D eigenvalue weighted by atomic mass is 10.2. The van der Waals surface area contributed by atoms with Crippen molar-refractivity contribution >= 4 is 23.5 Å². The number of thioether (sulfide) groups is 1. The Morgan fingerprint density at radius 1 is 1.21 bits per heavy atom. The van der Waals surface area contributed by atoms with E-state index in [4.69, 9.17) is 4.42 Å². The maximum absolute atomic E-state index is 11.9. The van der Waals surface area contributed by atoms with E-state index in [9.17, 15) is 4.79 Å². The fraction of sp³-hybridized carbons (Fsp3) is 0.167. The molecule has 6 heteroatoms. The monoisotopic (exact) mass is 339 g/mol. The van der Waals surface area contributed by atoms with E-state index in [0.29, 0.717) is 23.2 Å². The third-order valence-electron chi connectivity index (χ3n) is 3.23. The van der Waals surface area contributed by atoms with Gasteiger partial charge in [-0.25, -0.2) is 9.97 Å². The van der Waals surface area contributed by atoms with Crippen molar-refractivity contribution in [3.63, 3.8) is 0 Å². The zero-order valence-corrected chi connectivity index (χ0v) is 14.0. The fourth-order valence-electron chi connectivity index (χ4n) is 2.06. The molecule has 0 saturated carbocycles. The summed E-state index contributed by atoms with van der Waals surface area (Å²) in [7, 11) is 0. The van der Waals surface area contributed by atoms with Crippen LogP contribution in [0.15, 0.2) is 59.3 Å². The second-order valence-electron chi connectivity index (χ2n) is 5.27. The Morgan fingerprint density at radius 2 is 2.04 bits per heavy atom. The Kier molecular flexibility index (Phi) is 5.28. The van der Waals surface area contributed by atoms with Crippen LogP contribution in [0, 0.1) is 6.92 Å². The van der Waals surface area contributed by atoms with Crippen LogP contribution in [-0.2, 0) is 10.5 Å². The molecule has 122 valence electrons. The van der Waals surface area contributed by atoms with Gasteiger partial charge in [0.25, 0.3) is 0 Å². The van der Waals surface area contributed by atoms with Crippen molar-refractivity contribution in [1.82, 2.24) is 9.97 Å². The van der Waals surface area contributed by atoms with E-state index in [1.54, 1.807) is 18.5 Å². The van der Waals surface area contributed by atoms with Gasteiger partial charge in [0.1, 0.15) is 12.1 Å². The molecular weight excluding hydrogens is 322 g/mol. The topological polar surface area (TPSA) is 68.0 Å². The van der Waals surface area contributed by atoms with E-state index in [-0.39, 0.29) is 5.91 Å². The molecular formula is C18H17N3O2S. The van der Waals surface area contributed by atoms with Crippen LogP contribution in [0.5, 0.6) is 0 Å². The summed E-state index contributed by atoms with van der Waals surface area (Å²) in [6.07, 6.45) is 3.36. The second kappa shape index (κ2) is 7.79. The summed E-state index contributed by atoms with van der Waals surface area (Å²) in [5.74, 6) is 2.04. The lowest BCUT2D eigenvalue weighted by Crippen LogP contribution is -2.15. The standard InChI is InChI=1S/C18H17N3O2S/c1-13-7-8-16(19-9-13)21-17(22)12-24-11-15-10-23-18(20-15)14-5-3-2-4-6-14/h2-10H,11-12H2,1H3,(H,19,21,22). The summed E-state index contributed by atoms with van der Waals surface area (Å²) >= 11 is 1.48. The molecule has 1 aromatic carbocycles. The molecule has 0 spiro atoms. The first-order valence-corrected chi connectivity index (χ1v) is 8.66. The lowest BCUT2D eigenvalue weighted by Gasteiger charge is -2.03. The molecule has 0 aliphatic carbocycles. The Hall–Kier alpha value is -2.60. The molecule has 0 saturated heterocycles. The summed E-state index contributed by atoms with van der Waals surface area (Å²) < 4.78 is 5.48. The number of anilines is 1. The molecule has 0 fully saturated rings. The third-order valence-corrected chi connectivity index (χ3v) is 4.20. The molecule has 0 radical (unpaired) electrons. The molecule has 0 bridgehead atoms. The molecule has 1 N–H and O–H groups in total. The summed E-state index contributed by atoms with van der Waals surface area (Å²) in [6.45, 7) is 1.95. The van der Waals surface area contributed by atoms with Crippen LogP contribution in [0.2, 0.25) is 0 Å². The largest absolute Gasteiger partial charge is 0.444 e. The van der Waals surface area contributed by atoms with Crippen LogP contribution in [0.1, 0.15) is 11.3 Å². The second-order valence-corrected chi connectivity index (χ2v) is 6.26. The van der Waals surface area contributed by atoms with E-state index in [1.807, 2.05) is 43.3 Å². The minimum absolute atomic E-state index is 0.0804. The number of rotatable bonds is 6. The smallest absolute Gasteiger partial charge is 0.235 e. The van der Waals surface area contributed by atoms with Crippen LogP contribution in [0.4, 0.5) is 5.82 Å². The predicted molar refractivity (Wildman–Crippen MR) is 95.7 cm³/mol. The first-order valence-electron chi connectivity index (χ1n) is 7.51. The van der Waals surface area contributed by atoms with Crippen LogP contribution >= 0.6 is 11.8 Å². The predicted octanol–water partition coefficient (Wildman–Crippen LogP) is 3.92. The molecule has 0 unspecified atom stereocenters. The molecule has 0 atom stereocenters. The van der Waals surface area contributed by atoms with Gasteiger partial charge in [0, 0.05) is 17.5 Å². The minimum Gasteiger partial charge on any atom is -0.444 e. The zero-order chi connectivity index (χ0) is 16.8. The average molecular weight is 339 g/mol. The van der Waals surface area contributed by atoms with Crippen molar-refractivity contribution in [2.45, 2.75) is 12.7 Å². The van der Waals surface area contributed by atoms with Gasteiger partial charge in [-0.3, -0.25) is 4.79 Å². The van der Waals surface area contributed by atoms with Crippen molar-refractivity contribution in [1.29, 1.82) is 0 Å². The van der Waals surface area contributed by atoms with Crippen LogP contribution in [0.3, 0.4) is 0 Å². The van der Waals surface area contributed by atoms with E-state index < -0.39 is 0 Å². The maximum Gasteiger partial charge on any atom is 0.235 e. The molecule has 0 aliphatic rings. The van der Waals surface area contributed by atoms with Gasteiger partial charge in [0.05, 0.1) is 11.4 Å². The van der Waals surface area contributed by atoms with Crippen LogP contribution < -0.4 is 5.32 Å². The fourth-order valence-corrected chi connectivity index (χ4v) is 2.76. The van der Waals surface area contributed by atoms with E-state index in [0.717, 1.165) is 16.8 Å². The molecule has 3 aromatic rings. The first-order chi connectivity index (χ1) is 11.7. The van der Waals surface area contributed by atoms with Crippen molar-refractivity contribution in [3.05, 3.63) is 66.2 Å². The number of nitrogens with one attached hydrogen (secondary N) is 1. The van der Waals surface area contributed by atoms with Gasteiger partial charge in [0.2, 0.25) is 11.8 Å². The number of aryl methyl sites for hydroxylation is 1. The Morgan fingerprint density at radius 3 is 2.79 bits per heavy atom. The van der Waals surface area contributed by atoms with E-state index in [1.165, 1.54) is 11.8 Å². The van der Waals surface area contributed by atoms with Crippen molar-refractivity contribution in [3.8, 4) is 11.5 Å². The summed E-state index contributed by atoms with van der Waals surface area (Å²) in [5.41, 5.74) is 2.82. The highest BCUT2D eigenvalue weighted by atomic mass is 32.2. The number of carbonyl (C=O) groups is 1. The average Bonchev–Trinajstić information content (AvgIpc) is 3.07. The Labute approximate surface area is 144 Å². The summed E-state index contributed by atoms with van der Waals surface area (Å²) in [5, 5.41) is 2.77. The van der Waals surface area contributed by atoms with Crippen LogP contribution in [-0.4, -0.2) is 21.6 Å². The highest BCUT2D eigenvalue weighted by molar-refractivity contribution is 7.99. The molecule has 24 heavy (non-hydrogen) atoms. The van der Waals surface area contributed by atoms with Gasteiger partial charge in [-0.05, 0) is 30.7 Å². The number of aromatic nitrogens is 2. The van der Waals surface area contributed by atoms with Crippen molar-refractivity contribution in [2.75, 3.05) is 11.1 Å². The van der Waals surface area contributed by atoms with Crippen molar-refractivity contribution in [2.24, 2.45) is 0 Å². The summed E-state index contributed by atoms with van der Waals surface area (Å²) in [4.78, 5) is 20.5. The van der Waals surface area contributed by atoms with Gasteiger partial charge in [-0.2, -0.15) is 0 Å². The number of hydrogen-bond acceptors (Lipinski definition) is 5. The van der Waals surface area contributed by atoms with Gasteiger partial charge in [-0.15, -0.1) is 11.8 Å². The molecule has 3 rings (SSSR count). The lowest BCUT2D eigenvalue weighted by molar-refractivity contribution is -0.113. The quantitative estimate of drug-likeness (QED) is 0.737. The van der Waals surface area contributed by atoms with Gasteiger partial charge in [0.15, 0.2) is 0 Å². The SMILES string of the molecule is Cc1ccc(NC(=O)CSCc2coc(-c3ccccc3)n2)nc1. The molecule has 2 heterocycles. The molecule has 0 aliphatic heterocycles. The summed E-state index contributed by atoms with van der Waals surface area (Å²) in [6, 6.07) is 13.4. The number of benzene rings is 1. The maximum atomic E-state index is 11.9. The Balaban J connectivity index is 1.47.